The van der Waals surface area contributed by atoms with Crippen molar-refractivity contribution in [2.75, 3.05) is 56.4 Å². The Balaban J connectivity index is 1.78. The lowest BCUT2D eigenvalue weighted by molar-refractivity contribution is -0.115. The average Bonchev–Trinajstić information content (AvgIpc) is 2.62. The highest BCUT2D eigenvalue weighted by Gasteiger charge is 2.22. The van der Waals surface area contributed by atoms with Crippen LogP contribution in [0.15, 0.2) is 30.5 Å². The highest BCUT2D eigenvalue weighted by atomic mass is 16.5. The number of fused-ring (bicyclic) bond motifs is 1. The largest absolute Gasteiger partial charge is 0.490 e. The molecule has 8 heteroatoms. The van der Waals surface area contributed by atoms with E-state index in [1.807, 2.05) is 44.1 Å². The number of rotatable bonds is 6. The SMILES string of the molecule is Cc1ccc(NC(=O)c2cnc3c(c2)NC(=O)CN3C)c(OCCN(C)C)c1. The number of aromatic nitrogens is 1. The minimum Gasteiger partial charge on any atom is -0.490 e. The second-order valence-corrected chi connectivity index (χ2v) is 7.10. The van der Waals surface area contributed by atoms with Crippen LogP contribution in [0.4, 0.5) is 17.2 Å². The van der Waals surface area contributed by atoms with Crippen LogP contribution in [0.1, 0.15) is 15.9 Å². The molecule has 28 heavy (non-hydrogen) atoms. The zero-order valence-corrected chi connectivity index (χ0v) is 16.6. The summed E-state index contributed by atoms with van der Waals surface area (Å²) in [6.07, 6.45) is 1.50. The van der Waals surface area contributed by atoms with Crippen LogP contribution in [0.3, 0.4) is 0 Å². The first kappa shape index (κ1) is 19.6. The van der Waals surface area contributed by atoms with Gasteiger partial charge < -0.3 is 25.2 Å². The maximum atomic E-state index is 12.7. The van der Waals surface area contributed by atoms with Crippen LogP contribution in [0.2, 0.25) is 0 Å². The summed E-state index contributed by atoms with van der Waals surface area (Å²) in [6.45, 7) is 3.49. The quantitative estimate of drug-likeness (QED) is 0.793. The predicted octanol–water partition coefficient (Wildman–Crippen LogP) is 1.97. The number of carbonyl (C=O) groups is 2. The van der Waals surface area contributed by atoms with Gasteiger partial charge in [0.2, 0.25) is 5.91 Å². The molecule has 1 aliphatic rings. The van der Waals surface area contributed by atoms with Crippen molar-refractivity contribution in [2.45, 2.75) is 6.92 Å². The Bertz CT molecular complexity index is 897. The minimum atomic E-state index is -0.320. The van der Waals surface area contributed by atoms with Crippen LogP contribution >= 0.6 is 0 Å². The third-order valence-corrected chi connectivity index (χ3v) is 4.33. The monoisotopic (exact) mass is 383 g/mol. The Morgan fingerprint density at radius 2 is 2.14 bits per heavy atom. The van der Waals surface area contributed by atoms with Gasteiger partial charge in [-0.15, -0.1) is 0 Å². The smallest absolute Gasteiger partial charge is 0.257 e. The molecule has 0 saturated heterocycles. The molecular formula is C20H25N5O3. The maximum Gasteiger partial charge on any atom is 0.257 e. The van der Waals surface area contributed by atoms with Crippen molar-refractivity contribution < 1.29 is 14.3 Å². The molecular weight excluding hydrogens is 358 g/mol. The number of hydrogen-bond acceptors (Lipinski definition) is 6. The number of pyridine rings is 1. The summed E-state index contributed by atoms with van der Waals surface area (Å²) in [7, 11) is 5.73. The van der Waals surface area contributed by atoms with Crippen LogP contribution in [0.5, 0.6) is 5.75 Å². The van der Waals surface area contributed by atoms with Gasteiger partial charge in [-0.05, 0) is 44.8 Å². The maximum absolute atomic E-state index is 12.7. The molecule has 2 N–H and O–H groups in total. The predicted molar refractivity (Wildman–Crippen MR) is 109 cm³/mol. The molecule has 0 bridgehead atoms. The fourth-order valence-corrected chi connectivity index (χ4v) is 2.84. The lowest BCUT2D eigenvalue weighted by Gasteiger charge is -2.26. The average molecular weight is 383 g/mol. The van der Waals surface area contributed by atoms with E-state index in [4.69, 9.17) is 4.74 Å². The summed E-state index contributed by atoms with van der Waals surface area (Å²) in [5.41, 5.74) is 2.51. The number of hydrogen-bond donors (Lipinski definition) is 2. The molecule has 2 heterocycles. The van der Waals surface area contributed by atoms with E-state index in [1.165, 1.54) is 6.20 Å². The molecule has 0 fully saturated rings. The highest BCUT2D eigenvalue weighted by molar-refractivity contribution is 6.07. The number of anilines is 3. The molecule has 0 saturated carbocycles. The van der Waals surface area contributed by atoms with Crippen LogP contribution in [0, 0.1) is 6.92 Å². The van der Waals surface area contributed by atoms with Crippen LogP contribution in [-0.4, -0.2) is 62.5 Å². The van der Waals surface area contributed by atoms with Gasteiger partial charge in [-0.1, -0.05) is 6.07 Å². The van der Waals surface area contributed by atoms with Crippen molar-refractivity contribution in [1.29, 1.82) is 0 Å². The van der Waals surface area contributed by atoms with E-state index in [1.54, 1.807) is 18.0 Å². The first-order chi connectivity index (χ1) is 13.3. The normalized spacial score (nSPS) is 13.2. The van der Waals surface area contributed by atoms with E-state index in [-0.39, 0.29) is 18.4 Å². The number of carbonyl (C=O) groups excluding carboxylic acids is 2. The molecule has 148 valence electrons. The lowest BCUT2D eigenvalue weighted by Crippen LogP contribution is -2.36. The number of amides is 2. The number of likely N-dealkylation sites (N-methyl/N-ethyl adjacent to an activating group) is 2. The topological polar surface area (TPSA) is 86.8 Å². The van der Waals surface area contributed by atoms with Crippen LogP contribution in [-0.2, 0) is 4.79 Å². The molecule has 0 radical (unpaired) electrons. The summed E-state index contributed by atoms with van der Waals surface area (Å²) < 4.78 is 5.85. The molecule has 1 aromatic carbocycles. The van der Waals surface area contributed by atoms with Crippen molar-refractivity contribution >= 4 is 29.0 Å². The first-order valence-corrected chi connectivity index (χ1v) is 9.04. The molecule has 1 aliphatic heterocycles. The molecule has 3 rings (SSSR count). The molecule has 2 amide bonds. The summed E-state index contributed by atoms with van der Waals surface area (Å²) in [4.78, 5) is 32.6. The molecule has 0 spiro atoms. The number of nitrogens with one attached hydrogen (secondary N) is 2. The number of benzene rings is 1. The molecule has 0 atom stereocenters. The van der Waals surface area contributed by atoms with Gasteiger partial charge in [-0.3, -0.25) is 9.59 Å². The van der Waals surface area contributed by atoms with E-state index in [2.05, 4.69) is 15.6 Å². The molecule has 0 unspecified atom stereocenters. The fraction of sp³-hybridized carbons (Fsp3) is 0.350. The minimum absolute atomic E-state index is 0.135. The Labute approximate surface area is 164 Å². The van der Waals surface area contributed by atoms with Crippen molar-refractivity contribution in [3.8, 4) is 5.75 Å². The zero-order valence-electron chi connectivity index (χ0n) is 16.6. The first-order valence-electron chi connectivity index (χ1n) is 9.04. The lowest BCUT2D eigenvalue weighted by atomic mass is 10.1. The Kier molecular flexibility index (Phi) is 5.79. The van der Waals surface area contributed by atoms with Gasteiger partial charge in [0.25, 0.3) is 5.91 Å². The second-order valence-electron chi connectivity index (χ2n) is 7.10. The standard InChI is InChI=1S/C20H25N5O3/c1-13-5-6-15(17(9-13)28-8-7-24(2)3)23-20(27)14-10-16-19(21-11-14)25(4)12-18(26)22-16/h5-6,9-11H,7-8,12H2,1-4H3,(H,22,26)(H,23,27). The molecule has 8 nitrogen and oxygen atoms in total. The van der Waals surface area contributed by atoms with E-state index < -0.39 is 0 Å². The number of nitrogens with zero attached hydrogens (tertiary/aromatic N) is 3. The highest BCUT2D eigenvalue weighted by Crippen LogP contribution is 2.29. The number of ether oxygens (including phenoxy) is 1. The van der Waals surface area contributed by atoms with Gasteiger partial charge >= 0.3 is 0 Å². The molecule has 2 aromatic rings. The van der Waals surface area contributed by atoms with Crippen molar-refractivity contribution in [1.82, 2.24) is 9.88 Å². The Morgan fingerprint density at radius 1 is 1.36 bits per heavy atom. The third kappa shape index (κ3) is 4.58. The summed E-state index contributed by atoms with van der Waals surface area (Å²) in [5, 5.41) is 5.63. The summed E-state index contributed by atoms with van der Waals surface area (Å²) in [5.74, 6) is 0.803. The van der Waals surface area contributed by atoms with Crippen molar-refractivity contribution in [3.05, 3.63) is 41.6 Å². The van der Waals surface area contributed by atoms with E-state index in [9.17, 15) is 9.59 Å². The second kappa shape index (κ2) is 8.26. The fourth-order valence-electron chi connectivity index (χ4n) is 2.84. The number of aryl methyl sites for hydroxylation is 1. The Hall–Kier alpha value is -3.13. The van der Waals surface area contributed by atoms with Crippen LogP contribution in [0.25, 0.3) is 0 Å². The van der Waals surface area contributed by atoms with Gasteiger partial charge in [0.1, 0.15) is 12.4 Å². The molecule has 0 aliphatic carbocycles. The van der Waals surface area contributed by atoms with Crippen molar-refractivity contribution in [3.63, 3.8) is 0 Å². The zero-order chi connectivity index (χ0) is 20.3. The Morgan fingerprint density at radius 3 is 2.89 bits per heavy atom. The third-order valence-electron chi connectivity index (χ3n) is 4.33. The van der Waals surface area contributed by atoms with E-state index in [0.29, 0.717) is 35.1 Å². The van der Waals surface area contributed by atoms with E-state index >= 15 is 0 Å². The van der Waals surface area contributed by atoms with Crippen LogP contribution < -0.4 is 20.3 Å². The van der Waals surface area contributed by atoms with Crippen molar-refractivity contribution in [2.24, 2.45) is 0 Å². The van der Waals surface area contributed by atoms with Gasteiger partial charge in [0, 0.05) is 19.8 Å². The van der Waals surface area contributed by atoms with Gasteiger partial charge in [-0.25, -0.2) is 4.98 Å². The van der Waals surface area contributed by atoms with Gasteiger partial charge in [0.15, 0.2) is 5.82 Å². The molecule has 1 aromatic heterocycles. The van der Waals surface area contributed by atoms with E-state index in [0.717, 1.165) is 12.1 Å². The van der Waals surface area contributed by atoms with Gasteiger partial charge in [-0.2, -0.15) is 0 Å². The summed E-state index contributed by atoms with van der Waals surface area (Å²) >= 11 is 0. The van der Waals surface area contributed by atoms with Gasteiger partial charge in [0.05, 0.1) is 23.5 Å². The summed E-state index contributed by atoms with van der Waals surface area (Å²) in [6, 6.07) is 7.26.